The number of rotatable bonds is 20. The van der Waals surface area contributed by atoms with Crippen LogP contribution >= 0.6 is 0 Å². The predicted molar refractivity (Wildman–Crippen MR) is 193 cm³/mol. The van der Waals surface area contributed by atoms with E-state index in [9.17, 15) is 0 Å². The number of benzene rings is 4. The van der Waals surface area contributed by atoms with Gasteiger partial charge in [-0.2, -0.15) is 0 Å². The van der Waals surface area contributed by atoms with E-state index < -0.39 is 25.7 Å². The maximum atomic E-state index is 7.60. The number of unbranched alkanes of at least 4 members (excludes halogenated alkanes) is 4. The van der Waals surface area contributed by atoms with Gasteiger partial charge in [-0.25, -0.2) is 0 Å². The van der Waals surface area contributed by atoms with Crippen LogP contribution in [0.3, 0.4) is 0 Å². The van der Waals surface area contributed by atoms with Gasteiger partial charge in [-0.15, -0.1) is 0 Å². The average Bonchev–Trinajstić information content (AvgIpc) is 3.12. The molecule has 0 saturated heterocycles. The highest BCUT2D eigenvalue weighted by Crippen LogP contribution is 2.29. The van der Waals surface area contributed by atoms with Gasteiger partial charge in [0.15, 0.2) is 0 Å². The van der Waals surface area contributed by atoms with Gasteiger partial charge in [0.05, 0.1) is 0 Å². The Labute approximate surface area is 273 Å². The summed E-state index contributed by atoms with van der Waals surface area (Å²) >= 11 is 0. The molecule has 4 rings (SSSR count). The van der Waals surface area contributed by atoms with E-state index >= 15 is 0 Å². The molecule has 6 nitrogen and oxygen atoms in total. The van der Waals surface area contributed by atoms with E-state index in [-0.39, 0.29) is 0 Å². The van der Waals surface area contributed by atoms with Crippen LogP contribution in [0.2, 0.25) is 12.1 Å². The van der Waals surface area contributed by atoms with Crippen molar-refractivity contribution in [1.29, 1.82) is 0 Å². The van der Waals surface area contributed by atoms with Crippen molar-refractivity contribution >= 4 is 46.4 Å². The zero-order chi connectivity index (χ0) is 31.9. The molecule has 0 fully saturated rings. The summed E-state index contributed by atoms with van der Waals surface area (Å²) < 4.78 is 28.1. The van der Waals surface area contributed by atoms with Crippen LogP contribution in [0.4, 0.5) is 0 Å². The summed E-state index contributed by atoms with van der Waals surface area (Å²) in [4.78, 5) is 0. The maximum Gasteiger partial charge on any atom is 0.658 e. The second kappa shape index (κ2) is 17.8. The van der Waals surface area contributed by atoms with E-state index in [1.165, 1.54) is 20.7 Å². The fourth-order valence-corrected chi connectivity index (χ4v) is 20.6. The van der Waals surface area contributed by atoms with Crippen LogP contribution in [-0.2, 0) is 17.1 Å². The van der Waals surface area contributed by atoms with Crippen molar-refractivity contribution in [3.8, 4) is 0 Å². The molecule has 0 unspecified atom stereocenters. The quantitative estimate of drug-likeness (QED) is 0.107. The third-order valence-corrected chi connectivity index (χ3v) is 21.5. The minimum absolute atomic E-state index is 0.677. The Morgan fingerprint density at radius 1 is 0.422 bits per heavy atom. The third kappa shape index (κ3) is 8.76. The SMILES string of the molecule is CO[Si](OC)(O[Si](CCCCCN)(c1ccccc1)c1ccccc1)O[Si](CCCCCN)(c1ccccc1)c1ccccc1. The lowest BCUT2D eigenvalue weighted by molar-refractivity contribution is 0.0786. The Hall–Kier alpha value is -2.71. The highest BCUT2D eigenvalue weighted by molar-refractivity contribution is 7.04. The molecule has 0 spiro atoms. The van der Waals surface area contributed by atoms with Crippen LogP contribution < -0.4 is 32.2 Å². The molecule has 0 amide bonds. The lowest BCUT2D eigenvalue weighted by Crippen LogP contribution is -2.73. The van der Waals surface area contributed by atoms with Crippen molar-refractivity contribution in [3.05, 3.63) is 121 Å². The van der Waals surface area contributed by atoms with E-state index in [4.69, 9.17) is 28.5 Å². The fraction of sp³-hybridized carbons (Fsp3) is 0.333. The first-order chi connectivity index (χ1) is 22.1. The van der Waals surface area contributed by atoms with E-state index in [1.54, 1.807) is 14.2 Å². The van der Waals surface area contributed by atoms with Gasteiger partial charge >= 0.3 is 9.05 Å². The van der Waals surface area contributed by atoms with Crippen LogP contribution in [0.1, 0.15) is 38.5 Å². The van der Waals surface area contributed by atoms with Gasteiger partial charge in [-0.05, 0) is 58.8 Å². The lowest BCUT2D eigenvalue weighted by Gasteiger charge is -2.43. The van der Waals surface area contributed by atoms with E-state index in [1.807, 2.05) is 0 Å². The average molecular weight is 659 g/mol. The first-order valence-electron chi connectivity index (χ1n) is 16.2. The summed E-state index contributed by atoms with van der Waals surface area (Å²) in [6.45, 7) is 1.35. The fourth-order valence-electron chi connectivity index (χ4n) is 6.17. The van der Waals surface area contributed by atoms with Crippen LogP contribution in [0.15, 0.2) is 121 Å². The van der Waals surface area contributed by atoms with Gasteiger partial charge < -0.3 is 28.5 Å². The first kappa shape index (κ1) is 35.2. The van der Waals surface area contributed by atoms with Crippen molar-refractivity contribution in [3.63, 3.8) is 0 Å². The Balaban J connectivity index is 1.90. The Bertz CT molecular complexity index is 1180. The molecule has 0 aliphatic rings. The standard InChI is InChI=1S/C36H50N2O4Si3/c1-39-45(40-2,41-43(31-19-7-17-29-37,33-21-9-3-10-22-33)34-23-11-4-12-24-34)42-44(32-20-8-18-30-38,35-25-13-5-14-26-35)36-27-15-6-16-28-36/h3-6,9-16,21-28H,7-8,17-20,29-32,37-38H2,1-2H3. The van der Waals surface area contributed by atoms with E-state index in [2.05, 4.69) is 121 Å². The summed E-state index contributed by atoms with van der Waals surface area (Å²) in [6.07, 6.45) is 5.95. The molecule has 0 radical (unpaired) electrons. The molecule has 9 heteroatoms. The predicted octanol–water partition coefficient (Wildman–Crippen LogP) is 4.53. The molecule has 45 heavy (non-hydrogen) atoms. The van der Waals surface area contributed by atoms with Crippen molar-refractivity contribution in [1.82, 2.24) is 0 Å². The summed E-state index contributed by atoms with van der Waals surface area (Å²) in [7, 11) is -6.38. The lowest BCUT2D eigenvalue weighted by atomic mass is 10.2. The molecule has 0 atom stereocenters. The summed E-state index contributed by atoms with van der Waals surface area (Å²) in [5.74, 6) is 0. The Morgan fingerprint density at radius 3 is 0.956 bits per heavy atom. The van der Waals surface area contributed by atoms with Gasteiger partial charge in [0.25, 0.3) is 16.6 Å². The first-order valence-corrected chi connectivity index (χ1v) is 22.1. The highest BCUT2D eigenvalue weighted by atomic mass is 28.5. The monoisotopic (exact) mass is 658 g/mol. The summed E-state index contributed by atoms with van der Waals surface area (Å²) in [5.41, 5.74) is 11.8. The van der Waals surface area contributed by atoms with Gasteiger partial charge in [0, 0.05) is 14.2 Å². The van der Waals surface area contributed by atoms with E-state index in [0.29, 0.717) is 13.1 Å². The molecule has 0 bridgehead atoms. The maximum absolute atomic E-state index is 7.60. The molecule has 4 aromatic rings. The third-order valence-electron chi connectivity index (χ3n) is 8.52. The molecular weight excluding hydrogens is 609 g/mol. The molecule has 4 N–H and O–H groups in total. The second-order valence-corrected chi connectivity index (χ2v) is 21.5. The van der Waals surface area contributed by atoms with Gasteiger partial charge in [0.2, 0.25) is 0 Å². The smallest absolute Gasteiger partial charge is 0.385 e. The molecule has 0 aliphatic heterocycles. The van der Waals surface area contributed by atoms with Crippen LogP contribution in [0.5, 0.6) is 0 Å². The molecule has 0 heterocycles. The molecule has 0 aromatic heterocycles. The molecule has 4 aromatic carbocycles. The second-order valence-electron chi connectivity index (χ2n) is 11.4. The molecule has 0 saturated carbocycles. The normalized spacial score (nSPS) is 12.4. The Kier molecular flexibility index (Phi) is 13.9. The summed E-state index contributed by atoms with van der Waals surface area (Å²) in [6, 6.07) is 44.2. The zero-order valence-electron chi connectivity index (χ0n) is 26.9. The van der Waals surface area contributed by atoms with E-state index in [0.717, 1.165) is 50.6 Å². The number of hydrogen-bond donors (Lipinski definition) is 2. The molecular formula is C36H50N2O4Si3. The number of hydrogen-bond acceptors (Lipinski definition) is 6. The zero-order valence-corrected chi connectivity index (χ0v) is 29.9. The largest absolute Gasteiger partial charge is 0.658 e. The highest BCUT2D eigenvalue weighted by Gasteiger charge is 2.58. The number of nitrogens with two attached hydrogens (primary N) is 2. The van der Waals surface area contributed by atoms with Crippen molar-refractivity contribution in [2.45, 2.75) is 50.6 Å². The van der Waals surface area contributed by atoms with Gasteiger partial charge in [-0.3, -0.25) is 0 Å². The van der Waals surface area contributed by atoms with Crippen LogP contribution in [0.25, 0.3) is 0 Å². The van der Waals surface area contributed by atoms with Crippen molar-refractivity contribution in [2.75, 3.05) is 27.3 Å². The Morgan fingerprint density at radius 2 is 0.711 bits per heavy atom. The van der Waals surface area contributed by atoms with Crippen molar-refractivity contribution in [2.24, 2.45) is 11.5 Å². The minimum atomic E-state index is -3.81. The molecule has 0 aliphatic carbocycles. The van der Waals surface area contributed by atoms with Crippen molar-refractivity contribution < 1.29 is 17.1 Å². The molecule has 240 valence electrons. The van der Waals surface area contributed by atoms with Crippen LogP contribution in [0, 0.1) is 0 Å². The van der Waals surface area contributed by atoms with Crippen LogP contribution in [-0.4, -0.2) is 53.0 Å². The summed E-state index contributed by atoms with van der Waals surface area (Å²) in [5, 5.41) is 4.70. The van der Waals surface area contributed by atoms with Gasteiger partial charge in [-0.1, -0.05) is 147 Å². The topological polar surface area (TPSA) is 89.0 Å². The van der Waals surface area contributed by atoms with Gasteiger partial charge in [0.1, 0.15) is 0 Å². The minimum Gasteiger partial charge on any atom is -0.385 e.